The molecule has 2 amide bonds. The molecule has 1 N–H and O–H groups in total. The first-order valence-electron chi connectivity index (χ1n) is 11.3. The van der Waals surface area contributed by atoms with Crippen LogP contribution in [-0.2, 0) is 22.4 Å². The van der Waals surface area contributed by atoms with Crippen molar-refractivity contribution in [3.05, 3.63) is 71.4 Å². The van der Waals surface area contributed by atoms with Crippen LogP contribution in [0.3, 0.4) is 0 Å². The number of nitrogens with one attached hydrogen (secondary N) is 1. The van der Waals surface area contributed by atoms with Crippen LogP contribution in [0.1, 0.15) is 43.1 Å². The van der Waals surface area contributed by atoms with E-state index in [-0.39, 0.29) is 24.4 Å². The molecule has 0 bridgehead atoms. The molecule has 1 saturated heterocycles. The van der Waals surface area contributed by atoms with Crippen LogP contribution in [0.5, 0.6) is 0 Å². The van der Waals surface area contributed by atoms with E-state index in [4.69, 9.17) is 0 Å². The van der Waals surface area contributed by atoms with E-state index in [0.29, 0.717) is 18.9 Å². The average Bonchev–Trinajstić information content (AvgIpc) is 3.14. The predicted octanol–water partition coefficient (Wildman–Crippen LogP) is 4.09. The molecule has 1 aromatic heterocycles. The third-order valence-electron chi connectivity index (χ3n) is 6.59. The molecule has 160 valence electrons. The second-order valence-corrected chi connectivity index (χ2v) is 9.24. The van der Waals surface area contributed by atoms with Crippen LogP contribution in [0.15, 0.2) is 54.6 Å². The number of carbonyl (C=O) groups is 2. The molecule has 0 radical (unpaired) electrons. The molecule has 2 aliphatic rings. The lowest BCUT2D eigenvalue weighted by Gasteiger charge is -2.47. The van der Waals surface area contributed by atoms with E-state index in [9.17, 15) is 9.59 Å². The first-order valence-corrected chi connectivity index (χ1v) is 11.3. The lowest BCUT2D eigenvalue weighted by molar-refractivity contribution is -0.160. The van der Waals surface area contributed by atoms with Gasteiger partial charge in [-0.3, -0.25) is 9.59 Å². The monoisotopic (exact) mass is 415 g/mol. The minimum Gasteiger partial charge on any atom is -0.356 e. The molecule has 2 aromatic carbocycles. The number of amides is 2. The van der Waals surface area contributed by atoms with Gasteiger partial charge in [0, 0.05) is 29.6 Å². The summed E-state index contributed by atoms with van der Waals surface area (Å²) in [6, 6.07) is 18.1. The van der Waals surface area contributed by atoms with Crippen molar-refractivity contribution in [2.75, 3.05) is 13.1 Å². The minimum atomic E-state index is -0.410. The molecule has 2 atom stereocenters. The topological polar surface area (TPSA) is 56.4 Å². The highest BCUT2D eigenvalue weighted by molar-refractivity contribution is 5.97. The maximum Gasteiger partial charge on any atom is 0.246 e. The number of aromatic amines is 1. The Morgan fingerprint density at radius 3 is 2.55 bits per heavy atom. The Labute approximate surface area is 183 Å². The summed E-state index contributed by atoms with van der Waals surface area (Å²) in [5, 5.41) is 1.17. The van der Waals surface area contributed by atoms with Gasteiger partial charge in [0.2, 0.25) is 11.8 Å². The Morgan fingerprint density at radius 1 is 1.03 bits per heavy atom. The Balaban J connectivity index is 1.55. The van der Waals surface area contributed by atoms with Crippen molar-refractivity contribution in [2.45, 2.75) is 45.2 Å². The SMILES string of the molecule is CC(C)CN1CC(=O)N2C(Cc3c([nH]c4ccccc34)C2CCc2ccccc2)C1=O. The van der Waals surface area contributed by atoms with Gasteiger partial charge in [-0.1, -0.05) is 62.4 Å². The number of para-hydroxylation sites is 1. The molecule has 0 spiro atoms. The molecular formula is C26H29N3O2. The molecule has 3 aromatic rings. The first kappa shape index (κ1) is 19.9. The summed E-state index contributed by atoms with van der Waals surface area (Å²) >= 11 is 0. The molecule has 0 aliphatic carbocycles. The zero-order valence-electron chi connectivity index (χ0n) is 18.2. The smallest absolute Gasteiger partial charge is 0.246 e. The van der Waals surface area contributed by atoms with Gasteiger partial charge in [-0.15, -0.1) is 0 Å². The number of hydrogen-bond donors (Lipinski definition) is 1. The van der Waals surface area contributed by atoms with Gasteiger partial charge < -0.3 is 14.8 Å². The fourth-order valence-corrected chi connectivity index (χ4v) is 5.29. The Bertz CT molecular complexity index is 1120. The summed E-state index contributed by atoms with van der Waals surface area (Å²) in [5.74, 6) is 0.492. The van der Waals surface area contributed by atoms with E-state index < -0.39 is 6.04 Å². The quantitative estimate of drug-likeness (QED) is 0.682. The van der Waals surface area contributed by atoms with Gasteiger partial charge in [-0.05, 0) is 36.0 Å². The molecule has 1 fully saturated rings. The van der Waals surface area contributed by atoms with Crippen molar-refractivity contribution in [2.24, 2.45) is 5.92 Å². The van der Waals surface area contributed by atoms with Crippen molar-refractivity contribution in [3.8, 4) is 0 Å². The molecule has 31 heavy (non-hydrogen) atoms. The fourth-order valence-electron chi connectivity index (χ4n) is 5.29. The number of piperazine rings is 1. The second-order valence-electron chi connectivity index (χ2n) is 9.24. The first-order chi connectivity index (χ1) is 15.0. The molecule has 3 heterocycles. The number of aryl methyl sites for hydroxylation is 1. The van der Waals surface area contributed by atoms with Gasteiger partial charge in [0.15, 0.2) is 0 Å². The lowest BCUT2D eigenvalue weighted by atomic mass is 9.86. The Kier molecular flexibility index (Phi) is 5.05. The second kappa shape index (κ2) is 7.88. The van der Waals surface area contributed by atoms with Crippen LogP contribution in [0.4, 0.5) is 0 Å². The molecule has 0 saturated carbocycles. The van der Waals surface area contributed by atoms with Crippen LogP contribution >= 0.6 is 0 Å². The summed E-state index contributed by atoms with van der Waals surface area (Å²) < 4.78 is 0. The predicted molar refractivity (Wildman–Crippen MR) is 122 cm³/mol. The highest BCUT2D eigenvalue weighted by Gasteiger charge is 2.47. The summed E-state index contributed by atoms with van der Waals surface area (Å²) in [6.07, 6.45) is 2.24. The number of fused-ring (bicyclic) bond motifs is 4. The Morgan fingerprint density at radius 2 is 1.77 bits per heavy atom. The maximum absolute atomic E-state index is 13.5. The van der Waals surface area contributed by atoms with E-state index in [1.807, 2.05) is 35.2 Å². The number of benzene rings is 2. The fraction of sp³-hybridized carbons (Fsp3) is 0.385. The third-order valence-corrected chi connectivity index (χ3v) is 6.59. The van der Waals surface area contributed by atoms with Crippen LogP contribution in [-0.4, -0.2) is 45.7 Å². The summed E-state index contributed by atoms with van der Waals surface area (Å²) in [7, 11) is 0. The molecule has 5 heteroatoms. The lowest BCUT2D eigenvalue weighted by Crippen LogP contribution is -2.63. The number of aromatic nitrogens is 1. The van der Waals surface area contributed by atoms with Crippen molar-refractivity contribution < 1.29 is 9.59 Å². The third kappa shape index (κ3) is 3.52. The molecule has 5 rings (SSSR count). The highest BCUT2D eigenvalue weighted by Crippen LogP contribution is 2.41. The van der Waals surface area contributed by atoms with Gasteiger partial charge >= 0.3 is 0 Å². The van der Waals surface area contributed by atoms with Crippen LogP contribution in [0, 0.1) is 5.92 Å². The molecule has 5 nitrogen and oxygen atoms in total. The van der Waals surface area contributed by atoms with Crippen LogP contribution in [0.2, 0.25) is 0 Å². The van der Waals surface area contributed by atoms with Gasteiger partial charge in [0.05, 0.1) is 12.6 Å². The van der Waals surface area contributed by atoms with Crippen LogP contribution < -0.4 is 0 Å². The van der Waals surface area contributed by atoms with E-state index in [1.54, 1.807) is 4.90 Å². The van der Waals surface area contributed by atoms with E-state index in [1.165, 1.54) is 16.5 Å². The highest BCUT2D eigenvalue weighted by atomic mass is 16.2. The molecule has 2 aliphatic heterocycles. The van der Waals surface area contributed by atoms with Gasteiger partial charge in [-0.2, -0.15) is 0 Å². The van der Waals surface area contributed by atoms with Gasteiger partial charge in [0.1, 0.15) is 6.04 Å². The number of carbonyl (C=O) groups excluding carboxylic acids is 2. The summed E-state index contributed by atoms with van der Waals surface area (Å²) in [6.45, 7) is 4.99. The molecular weight excluding hydrogens is 386 g/mol. The maximum atomic E-state index is 13.5. The number of hydrogen-bond acceptors (Lipinski definition) is 2. The van der Waals surface area contributed by atoms with E-state index in [0.717, 1.165) is 24.1 Å². The largest absolute Gasteiger partial charge is 0.356 e. The van der Waals surface area contributed by atoms with E-state index in [2.05, 4.69) is 43.1 Å². The van der Waals surface area contributed by atoms with Gasteiger partial charge in [-0.25, -0.2) is 0 Å². The van der Waals surface area contributed by atoms with Crippen molar-refractivity contribution >= 4 is 22.7 Å². The Hall–Kier alpha value is -3.08. The zero-order chi connectivity index (χ0) is 21.5. The summed E-state index contributed by atoms with van der Waals surface area (Å²) in [5.41, 5.74) is 4.63. The van der Waals surface area contributed by atoms with Crippen molar-refractivity contribution in [3.63, 3.8) is 0 Å². The average molecular weight is 416 g/mol. The van der Waals surface area contributed by atoms with Crippen LogP contribution in [0.25, 0.3) is 10.9 Å². The standard InChI is InChI=1S/C26H29N3O2/c1-17(2)15-28-16-24(30)29-22(13-12-18-8-4-3-5-9-18)25-20(14-23(29)26(28)31)19-10-6-7-11-21(19)27-25/h3-11,17,22-23,27H,12-16H2,1-2H3. The molecule has 2 unspecified atom stereocenters. The number of H-pyrrole nitrogens is 1. The number of nitrogens with zero attached hydrogens (tertiary/aromatic N) is 2. The van der Waals surface area contributed by atoms with Gasteiger partial charge in [0.25, 0.3) is 0 Å². The minimum absolute atomic E-state index is 0.0626. The normalized spacial score (nSPS) is 21.0. The van der Waals surface area contributed by atoms with Crippen molar-refractivity contribution in [1.82, 2.24) is 14.8 Å². The summed E-state index contributed by atoms with van der Waals surface area (Å²) in [4.78, 5) is 34.0. The zero-order valence-corrected chi connectivity index (χ0v) is 18.2. The van der Waals surface area contributed by atoms with Crippen molar-refractivity contribution in [1.29, 1.82) is 0 Å². The number of rotatable bonds is 5. The van der Waals surface area contributed by atoms with E-state index >= 15 is 0 Å².